The second kappa shape index (κ2) is 6.73. The molecule has 0 atom stereocenters. The van der Waals surface area contributed by atoms with E-state index in [0.29, 0.717) is 13.0 Å². The van der Waals surface area contributed by atoms with Crippen molar-refractivity contribution >= 4 is 5.91 Å². The Morgan fingerprint density at radius 2 is 1.82 bits per heavy atom. The predicted octanol–water partition coefficient (Wildman–Crippen LogP) is 3.77. The van der Waals surface area contributed by atoms with Gasteiger partial charge in [0.1, 0.15) is 5.82 Å². The number of carbonyl (C=O) groups is 1. The summed E-state index contributed by atoms with van der Waals surface area (Å²) >= 11 is 0. The van der Waals surface area contributed by atoms with Crippen molar-refractivity contribution in [2.24, 2.45) is 0 Å². The first kappa shape index (κ1) is 16.2. The van der Waals surface area contributed by atoms with E-state index in [9.17, 15) is 9.18 Å². The maximum absolute atomic E-state index is 13.0. The summed E-state index contributed by atoms with van der Waals surface area (Å²) in [5.74, 6) is -0.246. The van der Waals surface area contributed by atoms with Gasteiger partial charge in [-0.25, -0.2) is 4.39 Å². The lowest BCUT2D eigenvalue weighted by Gasteiger charge is -2.25. The van der Waals surface area contributed by atoms with Crippen molar-refractivity contribution in [3.8, 4) is 0 Å². The van der Waals surface area contributed by atoms with E-state index in [-0.39, 0.29) is 17.1 Å². The number of amides is 1. The minimum absolute atomic E-state index is 0.000728. The molecule has 22 heavy (non-hydrogen) atoms. The van der Waals surface area contributed by atoms with E-state index in [2.05, 4.69) is 5.32 Å². The number of rotatable bonds is 5. The first-order valence-corrected chi connectivity index (χ1v) is 7.45. The monoisotopic (exact) mass is 299 g/mol. The zero-order valence-corrected chi connectivity index (χ0v) is 13.3. The highest BCUT2D eigenvalue weighted by atomic mass is 19.1. The molecule has 0 aliphatic heterocycles. The van der Waals surface area contributed by atoms with Crippen molar-refractivity contribution in [2.45, 2.75) is 32.6 Å². The summed E-state index contributed by atoms with van der Waals surface area (Å²) in [5, 5.41) is 2.97. The number of hydrogen-bond donors (Lipinski definition) is 1. The molecule has 116 valence electrons. The Morgan fingerprint density at radius 1 is 1.14 bits per heavy atom. The quantitative estimate of drug-likeness (QED) is 0.894. The van der Waals surface area contributed by atoms with Gasteiger partial charge >= 0.3 is 0 Å². The van der Waals surface area contributed by atoms with Crippen molar-refractivity contribution in [1.82, 2.24) is 5.32 Å². The molecule has 2 aromatic rings. The van der Waals surface area contributed by atoms with Crippen molar-refractivity contribution in [2.75, 3.05) is 6.54 Å². The second-order valence-corrected chi connectivity index (χ2v) is 6.33. The van der Waals surface area contributed by atoms with Crippen LogP contribution in [-0.4, -0.2) is 12.5 Å². The van der Waals surface area contributed by atoms with E-state index >= 15 is 0 Å². The lowest BCUT2D eigenvalue weighted by atomic mass is 9.84. The highest BCUT2D eigenvalue weighted by molar-refractivity contribution is 5.78. The Labute approximate surface area is 131 Å². The lowest BCUT2D eigenvalue weighted by molar-refractivity contribution is -0.120. The summed E-state index contributed by atoms with van der Waals surface area (Å²) in [5.41, 5.74) is 2.93. The summed E-state index contributed by atoms with van der Waals surface area (Å²) in [6, 6.07) is 14.4. The van der Waals surface area contributed by atoms with Gasteiger partial charge in [0, 0.05) is 12.0 Å². The average Bonchev–Trinajstić information content (AvgIpc) is 2.46. The molecule has 0 bridgehead atoms. The summed E-state index contributed by atoms with van der Waals surface area (Å²) in [7, 11) is 0. The SMILES string of the molecule is Cc1cccc(CC(=O)NCC(C)(C)c2ccc(F)cc2)c1. The van der Waals surface area contributed by atoms with Crippen LogP contribution in [0.1, 0.15) is 30.5 Å². The van der Waals surface area contributed by atoms with E-state index in [1.54, 1.807) is 12.1 Å². The zero-order valence-electron chi connectivity index (χ0n) is 13.3. The fourth-order valence-electron chi connectivity index (χ4n) is 2.39. The molecule has 0 saturated carbocycles. The highest BCUT2D eigenvalue weighted by Crippen LogP contribution is 2.22. The Hall–Kier alpha value is -2.16. The summed E-state index contributed by atoms with van der Waals surface area (Å²) in [6.45, 7) is 6.60. The number of nitrogens with one attached hydrogen (secondary N) is 1. The fraction of sp³-hybridized carbons (Fsp3) is 0.316. The van der Waals surface area contributed by atoms with Crippen LogP contribution in [0.25, 0.3) is 0 Å². The predicted molar refractivity (Wildman–Crippen MR) is 87.3 cm³/mol. The minimum atomic E-state index is -0.247. The van der Waals surface area contributed by atoms with Crippen LogP contribution >= 0.6 is 0 Å². The Bertz CT molecular complexity index is 647. The molecule has 0 aromatic heterocycles. The highest BCUT2D eigenvalue weighted by Gasteiger charge is 2.21. The Kier molecular flexibility index (Phi) is 4.96. The normalized spacial score (nSPS) is 11.3. The average molecular weight is 299 g/mol. The van der Waals surface area contributed by atoms with Crippen LogP contribution in [0.5, 0.6) is 0 Å². The number of halogens is 1. The third-order valence-corrected chi connectivity index (χ3v) is 3.80. The van der Waals surface area contributed by atoms with Crippen LogP contribution in [0, 0.1) is 12.7 Å². The summed E-state index contributed by atoms with van der Waals surface area (Å²) in [4.78, 5) is 12.1. The van der Waals surface area contributed by atoms with Crippen LogP contribution in [0.4, 0.5) is 4.39 Å². The van der Waals surface area contributed by atoms with Gasteiger partial charge in [0.05, 0.1) is 6.42 Å². The molecule has 0 fully saturated rings. The Morgan fingerprint density at radius 3 is 2.45 bits per heavy atom. The van der Waals surface area contributed by atoms with Crippen LogP contribution < -0.4 is 5.32 Å². The first-order valence-electron chi connectivity index (χ1n) is 7.45. The Balaban J connectivity index is 1.93. The largest absolute Gasteiger partial charge is 0.355 e. The van der Waals surface area contributed by atoms with Gasteiger partial charge in [-0.05, 0) is 30.2 Å². The van der Waals surface area contributed by atoms with Gasteiger partial charge < -0.3 is 5.32 Å². The lowest BCUT2D eigenvalue weighted by Crippen LogP contribution is -2.37. The maximum atomic E-state index is 13.0. The molecule has 2 nitrogen and oxygen atoms in total. The van der Waals surface area contributed by atoms with E-state index < -0.39 is 0 Å². The molecule has 0 aliphatic rings. The van der Waals surface area contributed by atoms with Crippen molar-refractivity contribution < 1.29 is 9.18 Å². The number of aryl methyl sites for hydroxylation is 1. The summed E-state index contributed by atoms with van der Waals surface area (Å²) < 4.78 is 13.0. The third-order valence-electron chi connectivity index (χ3n) is 3.80. The van der Waals surface area contributed by atoms with E-state index in [4.69, 9.17) is 0 Å². The molecule has 3 heteroatoms. The van der Waals surface area contributed by atoms with E-state index in [1.165, 1.54) is 12.1 Å². The van der Waals surface area contributed by atoms with Crippen LogP contribution in [0.15, 0.2) is 48.5 Å². The topological polar surface area (TPSA) is 29.1 Å². The van der Waals surface area contributed by atoms with Gasteiger partial charge in [-0.3, -0.25) is 4.79 Å². The molecule has 1 N–H and O–H groups in total. The second-order valence-electron chi connectivity index (χ2n) is 6.33. The molecule has 1 amide bonds. The van der Waals surface area contributed by atoms with Gasteiger partial charge in [0.2, 0.25) is 5.91 Å². The zero-order chi connectivity index (χ0) is 16.2. The molecule has 2 rings (SSSR count). The molecule has 0 heterocycles. The van der Waals surface area contributed by atoms with Crippen molar-refractivity contribution in [3.05, 3.63) is 71.0 Å². The number of benzene rings is 2. The third kappa shape index (κ3) is 4.42. The molecule has 0 unspecified atom stereocenters. The van der Waals surface area contributed by atoms with Gasteiger partial charge in [-0.1, -0.05) is 55.8 Å². The first-order chi connectivity index (χ1) is 10.4. The van der Waals surface area contributed by atoms with Crippen molar-refractivity contribution in [3.63, 3.8) is 0 Å². The maximum Gasteiger partial charge on any atom is 0.224 e. The summed E-state index contributed by atoms with van der Waals surface area (Å²) in [6.07, 6.45) is 0.376. The van der Waals surface area contributed by atoms with Gasteiger partial charge in [0.25, 0.3) is 0 Å². The standard InChI is InChI=1S/C19H22FNO/c1-14-5-4-6-15(11-14)12-18(22)21-13-19(2,3)16-7-9-17(20)10-8-16/h4-11H,12-13H2,1-3H3,(H,21,22). The van der Waals surface area contributed by atoms with Crippen LogP contribution in [0.2, 0.25) is 0 Å². The van der Waals surface area contributed by atoms with Gasteiger partial charge in [-0.2, -0.15) is 0 Å². The molecule has 0 radical (unpaired) electrons. The molecular weight excluding hydrogens is 277 g/mol. The molecule has 2 aromatic carbocycles. The van der Waals surface area contributed by atoms with Crippen LogP contribution in [-0.2, 0) is 16.6 Å². The number of hydrogen-bond acceptors (Lipinski definition) is 1. The fourth-order valence-corrected chi connectivity index (χ4v) is 2.39. The molecule has 0 saturated heterocycles. The molecular formula is C19H22FNO. The smallest absolute Gasteiger partial charge is 0.224 e. The number of carbonyl (C=O) groups excluding carboxylic acids is 1. The molecule has 0 spiro atoms. The minimum Gasteiger partial charge on any atom is -0.355 e. The molecule has 0 aliphatic carbocycles. The van der Waals surface area contributed by atoms with Gasteiger partial charge in [0.15, 0.2) is 0 Å². The van der Waals surface area contributed by atoms with E-state index in [0.717, 1.165) is 16.7 Å². The van der Waals surface area contributed by atoms with E-state index in [1.807, 2.05) is 45.0 Å². The van der Waals surface area contributed by atoms with Crippen molar-refractivity contribution in [1.29, 1.82) is 0 Å². The van der Waals surface area contributed by atoms with Crippen LogP contribution in [0.3, 0.4) is 0 Å². The van der Waals surface area contributed by atoms with Gasteiger partial charge in [-0.15, -0.1) is 0 Å².